The predicted molar refractivity (Wildman–Crippen MR) is 86.1 cm³/mol. The maximum atomic E-state index is 11.6. The fourth-order valence-corrected chi connectivity index (χ4v) is 3.31. The van der Waals surface area contributed by atoms with E-state index in [0.29, 0.717) is 5.00 Å². The highest BCUT2D eigenvalue weighted by Gasteiger charge is 2.09. The summed E-state index contributed by atoms with van der Waals surface area (Å²) >= 11 is 2.53. The number of azo groups is 1. The standard InChI is InChI=1S/C15H11N3OS2/c19-15-16-13(20-12-9-5-2-6-10-12)14(21-15)18-17-11-7-3-1-4-8-11/h1-10H,(H,16,19). The van der Waals surface area contributed by atoms with Crippen LogP contribution in [0.5, 0.6) is 0 Å². The second kappa shape index (κ2) is 6.51. The van der Waals surface area contributed by atoms with E-state index in [1.165, 1.54) is 11.8 Å². The lowest BCUT2D eigenvalue weighted by Crippen LogP contribution is -1.91. The van der Waals surface area contributed by atoms with Crippen molar-refractivity contribution < 1.29 is 0 Å². The van der Waals surface area contributed by atoms with Gasteiger partial charge in [-0.05, 0) is 24.3 Å². The van der Waals surface area contributed by atoms with Gasteiger partial charge in [0.25, 0.3) is 0 Å². The Bertz CT molecular complexity index is 795. The maximum absolute atomic E-state index is 11.6. The van der Waals surface area contributed by atoms with E-state index in [4.69, 9.17) is 0 Å². The molecule has 6 heteroatoms. The van der Waals surface area contributed by atoms with Crippen molar-refractivity contribution in [3.8, 4) is 0 Å². The van der Waals surface area contributed by atoms with E-state index in [2.05, 4.69) is 15.2 Å². The summed E-state index contributed by atoms with van der Waals surface area (Å²) in [6.07, 6.45) is 0. The van der Waals surface area contributed by atoms with E-state index in [1.54, 1.807) is 0 Å². The minimum Gasteiger partial charge on any atom is -0.305 e. The topological polar surface area (TPSA) is 57.6 Å². The molecule has 0 aliphatic rings. The maximum Gasteiger partial charge on any atom is 0.307 e. The molecule has 2 aromatic carbocycles. The number of hydrogen-bond acceptors (Lipinski definition) is 5. The van der Waals surface area contributed by atoms with Crippen molar-refractivity contribution in [1.82, 2.24) is 4.98 Å². The highest BCUT2D eigenvalue weighted by atomic mass is 32.2. The number of hydrogen-bond donors (Lipinski definition) is 1. The van der Waals surface area contributed by atoms with Crippen molar-refractivity contribution in [3.05, 3.63) is 70.3 Å². The molecule has 3 rings (SSSR count). The van der Waals surface area contributed by atoms with Crippen LogP contribution in [-0.4, -0.2) is 4.98 Å². The first-order valence-corrected chi connectivity index (χ1v) is 7.87. The van der Waals surface area contributed by atoms with Crippen LogP contribution in [0, 0.1) is 0 Å². The molecule has 0 fully saturated rings. The SMILES string of the molecule is O=c1[nH]c(Sc2ccccc2)c(N=Nc2ccccc2)s1. The van der Waals surface area contributed by atoms with Gasteiger partial charge in [-0.3, -0.25) is 4.79 Å². The Morgan fingerprint density at radius 2 is 1.57 bits per heavy atom. The molecule has 1 heterocycles. The van der Waals surface area contributed by atoms with E-state index < -0.39 is 0 Å². The Morgan fingerprint density at radius 1 is 0.905 bits per heavy atom. The molecule has 4 nitrogen and oxygen atoms in total. The van der Waals surface area contributed by atoms with Crippen molar-refractivity contribution in [2.75, 3.05) is 0 Å². The van der Waals surface area contributed by atoms with Gasteiger partial charge in [0, 0.05) is 4.90 Å². The fraction of sp³-hybridized carbons (Fsp3) is 0. The predicted octanol–water partition coefficient (Wildman–Crippen LogP) is 5.00. The van der Waals surface area contributed by atoms with Gasteiger partial charge < -0.3 is 4.98 Å². The summed E-state index contributed by atoms with van der Waals surface area (Å²) in [4.78, 5) is 15.3. The van der Waals surface area contributed by atoms with Gasteiger partial charge in [0.15, 0.2) is 5.00 Å². The molecule has 1 aromatic heterocycles. The number of benzene rings is 2. The van der Waals surface area contributed by atoms with Gasteiger partial charge in [-0.25, -0.2) is 0 Å². The molecular formula is C15H11N3OS2. The van der Waals surface area contributed by atoms with Crippen LogP contribution in [0.3, 0.4) is 0 Å². The van der Waals surface area contributed by atoms with Gasteiger partial charge in [0.05, 0.1) is 5.69 Å². The zero-order valence-corrected chi connectivity index (χ0v) is 12.5. The first-order chi connectivity index (χ1) is 10.3. The van der Waals surface area contributed by atoms with Crippen molar-refractivity contribution >= 4 is 33.8 Å². The van der Waals surface area contributed by atoms with Crippen LogP contribution in [0.15, 0.2) is 85.6 Å². The smallest absolute Gasteiger partial charge is 0.305 e. The number of nitrogens with one attached hydrogen (secondary N) is 1. The number of aromatic nitrogens is 1. The van der Waals surface area contributed by atoms with Gasteiger partial charge in [-0.1, -0.05) is 59.5 Å². The second-order valence-corrected chi connectivity index (χ2v) is 6.14. The number of H-pyrrole nitrogens is 1. The number of aromatic amines is 1. The molecule has 0 atom stereocenters. The van der Waals surface area contributed by atoms with Gasteiger partial charge in [0.2, 0.25) is 0 Å². The molecule has 1 N–H and O–H groups in total. The summed E-state index contributed by atoms with van der Waals surface area (Å²) in [5.74, 6) is 0. The Balaban J connectivity index is 1.86. The van der Waals surface area contributed by atoms with E-state index in [0.717, 1.165) is 26.9 Å². The first-order valence-electron chi connectivity index (χ1n) is 6.24. The third kappa shape index (κ3) is 3.68. The molecule has 0 saturated heterocycles. The van der Waals surface area contributed by atoms with Crippen molar-refractivity contribution in [2.24, 2.45) is 10.2 Å². The van der Waals surface area contributed by atoms with Crippen molar-refractivity contribution in [3.63, 3.8) is 0 Å². The Labute approximate surface area is 129 Å². The van der Waals surface area contributed by atoms with Crippen LogP contribution in [0.1, 0.15) is 0 Å². The largest absolute Gasteiger partial charge is 0.307 e. The molecule has 21 heavy (non-hydrogen) atoms. The zero-order valence-electron chi connectivity index (χ0n) is 10.9. The van der Waals surface area contributed by atoms with E-state index in [1.807, 2.05) is 60.7 Å². The highest BCUT2D eigenvalue weighted by molar-refractivity contribution is 7.99. The van der Waals surface area contributed by atoms with Crippen LogP contribution in [0.4, 0.5) is 10.7 Å². The van der Waals surface area contributed by atoms with Crippen molar-refractivity contribution in [1.29, 1.82) is 0 Å². The lowest BCUT2D eigenvalue weighted by atomic mass is 10.3. The van der Waals surface area contributed by atoms with Crippen LogP contribution < -0.4 is 4.87 Å². The third-order valence-corrected chi connectivity index (χ3v) is 4.48. The Kier molecular flexibility index (Phi) is 4.28. The quantitative estimate of drug-likeness (QED) is 0.689. The number of nitrogens with zero attached hydrogens (tertiary/aromatic N) is 2. The molecule has 3 aromatic rings. The molecule has 0 saturated carbocycles. The molecule has 0 aliphatic carbocycles. The lowest BCUT2D eigenvalue weighted by molar-refractivity contribution is 1.12. The molecule has 0 aliphatic heterocycles. The fourth-order valence-electron chi connectivity index (χ4n) is 1.65. The number of thiazole rings is 1. The molecule has 0 bridgehead atoms. The summed E-state index contributed by atoms with van der Waals surface area (Å²) in [6, 6.07) is 19.3. The summed E-state index contributed by atoms with van der Waals surface area (Å²) < 4.78 is 0. The average Bonchev–Trinajstić information content (AvgIpc) is 2.87. The van der Waals surface area contributed by atoms with Crippen molar-refractivity contribution in [2.45, 2.75) is 9.92 Å². The van der Waals surface area contributed by atoms with Crippen LogP contribution in [0.25, 0.3) is 0 Å². The van der Waals surface area contributed by atoms with Gasteiger partial charge >= 0.3 is 4.87 Å². The van der Waals surface area contributed by atoms with Crippen LogP contribution in [0.2, 0.25) is 0 Å². The first kappa shape index (κ1) is 13.8. The normalized spacial score (nSPS) is 11.0. The second-order valence-electron chi connectivity index (χ2n) is 4.10. The van der Waals surface area contributed by atoms with Crippen LogP contribution >= 0.6 is 23.1 Å². The molecule has 0 radical (unpaired) electrons. The Hall–Kier alpha value is -2.18. The molecule has 0 spiro atoms. The Morgan fingerprint density at radius 3 is 2.29 bits per heavy atom. The molecule has 0 unspecified atom stereocenters. The molecular weight excluding hydrogens is 302 g/mol. The summed E-state index contributed by atoms with van der Waals surface area (Å²) in [6.45, 7) is 0. The summed E-state index contributed by atoms with van der Waals surface area (Å²) in [5, 5.41) is 9.65. The van der Waals surface area contributed by atoms with Gasteiger partial charge in [-0.15, -0.1) is 10.2 Å². The van der Waals surface area contributed by atoms with Gasteiger partial charge in [-0.2, -0.15) is 0 Å². The number of rotatable bonds is 4. The lowest BCUT2D eigenvalue weighted by Gasteiger charge is -1.98. The zero-order chi connectivity index (χ0) is 14.5. The summed E-state index contributed by atoms with van der Waals surface area (Å²) in [5.41, 5.74) is 0.758. The third-order valence-electron chi connectivity index (χ3n) is 2.57. The van der Waals surface area contributed by atoms with E-state index >= 15 is 0 Å². The monoisotopic (exact) mass is 313 g/mol. The molecule has 104 valence electrons. The minimum absolute atomic E-state index is 0.129. The summed E-state index contributed by atoms with van der Waals surface area (Å²) in [7, 11) is 0. The van der Waals surface area contributed by atoms with Gasteiger partial charge in [0.1, 0.15) is 5.03 Å². The minimum atomic E-state index is -0.129. The van der Waals surface area contributed by atoms with E-state index in [-0.39, 0.29) is 4.87 Å². The highest BCUT2D eigenvalue weighted by Crippen LogP contribution is 2.35. The van der Waals surface area contributed by atoms with E-state index in [9.17, 15) is 4.79 Å². The molecule has 0 amide bonds. The van der Waals surface area contributed by atoms with Crippen LogP contribution in [-0.2, 0) is 0 Å². The average molecular weight is 313 g/mol.